The number of thioether (sulfide) groups is 1. The molecule has 13 heteroatoms. The first kappa shape index (κ1) is 29.9. The molecule has 5 rings (SSSR count). The van der Waals surface area contributed by atoms with Crippen molar-refractivity contribution in [1.82, 2.24) is 10.2 Å². The second-order valence-electron chi connectivity index (χ2n) is 10.6. The van der Waals surface area contributed by atoms with Gasteiger partial charge in [-0.3, -0.25) is 14.5 Å². The molecule has 2 aromatic carbocycles. The molecular weight excluding hydrogens is 615 g/mol. The molecule has 42 heavy (non-hydrogen) atoms. The quantitative estimate of drug-likeness (QED) is 0.276. The van der Waals surface area contributed by atoms with Crippen molar-refractivity contribution in [1.29, 1.82) is 5.26 Å². The first-order valence-corrected chi connectivity index (χ1v) is 15.4. The second kappa shape index (κ2) is 12.0. The van der Waals surface area contributed by atoms with Crippen molar-refractivity contribution in [2.75, 3.05) is 23.1 Å². The van der Waals surface area contributed by atoms with Crippen LogP contribution in [0.5, 0.6) is 5.75 Å². The predicted octanol–water partition coefficient (Wildman–Crippen LogP) is 6.53. The molecule has 0 saturated heterocycles. The number of allylic oxidation sites excluding steroid dienone is 3. The lowest BCUT2D eigenvalue weighted by Crippen LogP contribution is -2.42. The molecule has 1 aromatic heterocycles. The van der Waals surface area contributed by atoms with Crippen molar-refractivity contribution in [2.24, 2.45) is 11.1 Å². The smallest absolute Gasteiger partial charge is 0.234 e. The minimum atomic E-state index is -0.692. The molecule has 1 aliphatic heterocycles. The Balaban J connectivity index is 1.45. The topological polar surface area (TPSA) is 134 Å². The third-order valence-corrected chi connectivity index (χ3v) is 9.73. The van der Waals surface area contributed by atoms with Crippen molar-refractivity contribution in [3.05, 3.63) is 80.7 Å². The van der Waals surface area contributed by atoms with Crippen LogP contribution in [0.15, 0.2) is 69.5 Å². The van der Waals surface area contributed by atoms with Gasteiger partial charge in [0.05, 0.1) is 40.5 Å². The van der Waals surface area contributed by atoms with Gasteiger partial charge in [0.25, 0.3) is 0 Å². The standard InChI is InChI=1S/C29H26Cl2N6O3S2/c1-29(2)11-21-25(22(38)12-29)24(15-4-9-19(30)20(31)10-15)18(13-32)26(33)37(21)27-35-36-28(42-27)41-14-23(39)34-16-5-7-17(40-3)8-6-16/h4-10,24H,11-12,14,33H2,1-3H3,(H,34,39). The van der Waals surface area contributed by atoms with Crippen LogP contribution in [0.4, 0.5) is 10.8 Å². The van der Waals surface area contributed by atoms with Gasteiger partial charge < -0.3 is 15.8 Å². The van der Waals surface area contributed by atoms with E-state index in [9.17, 15) is 14.9 Å². The van der Waals surface area contributed by atoms with Crippen LogP contribution < -0.4 is 20.7 Å². The number of methoxy groups -OCH3 is 1. The molecule has 1 aliphatic carbocycles. The number of aromatic nitrogens is 2. The number of hydrogen-bond acceptors (Lipinski definition) is 10. The number of rotatable bonds is 7. The van der Waals surface area contributed by atoms with E-state index in [1.165, 1.54) is 23.1 Å². The zero-order valence-electron chi connectivity index (χ0n) is 22.9. The van der Waals surface area contributed by atoms with Gasteiger partial charge in [0, 0.05) is 23.4 Å². The number of Topliss-reactive ketones (excluding diaryl/α,β-unsaturated/α-hetero) is 1. The molecule has 0 bridgehead atoms. The number of carbonyl (C=O) groups excluding carboxylic acids is 2. The van der Waals surface area contributed by atoms with Crippen LogP contribution in [-0.4, -0.2) is 34.8 Å². The van der Waals surface area contributed by atoms with Gasteiger partial charge in [-0.15, -0.1) is 10.2 Å². The average molecular weight is 642 g/mol. The van der Waals surface area contributed by atoms with E-state index < -0.39 is 5.92 Å². The third-order valence-electron chi connectivity index (χ3n) is 6.95. The Hall–Kier alpha value is -3.56. The Morgan fingerprint density at radius 2 is 1.95 bits per heavy atom. The monoisotopic (exact) mass is 640 g/mol. The number of hydrogen-bond donors (Lipinski definition) is 2. The molecule has 1 atom stereocenters. The number of nitrogens with zero attached hydrogens (tertiary/aromatic N) is 4. The van der Waals surface area contributed by atoms with Crippen molar-refractivity contribution in [3.63, 3.8) is 0 Å². The summed E-state index contributed by atoms with van der Waals surface area (Å²) in [7, 11) is 1.58. The lowest BCUT2D eigenvalue weighted by atomic mass is 9.69. The van der Waals surface area contributed by atoms with Gasteiger partial charge in [0.2, 0.25) is 11.0 Å². The first-order valence-electron chi connectivity index (χ1n) is 12.8. The lowest BCUT2D eigenvalue weighted by molar-refractivity contribution is -0.118. The lowest BCUT2D eigenvalue weighted by Gasteiger charge is -2.42. The number of ketones is 1. The summed E-state index contributed by atoms with van der Waals surface area (Å²) in [5.74, 6) is -0.00398. The Labute approximate surface area is 261 Å². The first-order chi connectivity index (χ1) is 20.0. The Kier molecular flexibility index (Phi) is 8.53. The van der Waals surface area contributed by atoms with E-state index in [2.05, 4.69) is 21.6 Å². The summed E-state index contributed by atoms with van der Waals surface area (Å²) in [5, 5.41) is 22.8. The van der Waals surface area contributed by atoms with E-state index >= 15 is 0 Å². The summed E-state index contributed by atoms with van der Waals surface area (Å²) in [6, 6.07) is 14.3. The molecule has 216 valence electrons. The normalized spacial score (nSPS) is 18.0. The summed E-state index contributed by atoms with van der Waals surface area (Å²) < 4.78 is 5.68. The van der Waals surface area contributed by atoms with E-state index in [0.717, 1.165) is 0 Å². The second-order valence-corrected chi connectivity index (χ2v) is 13.6. The van der Waals surface area contributed by atoms with Crippen molar-refractivity contribution in [3.8, 4) is 11.8 Å². The van der Waals surface area contributed by atoms with E-state index in [1.54, 1.807) is 54.5 Å². The van der Waals surface area contributed by atoms with E-state index in [4.69, 9.17) is 33.7 Å². The van der Waals surface area contributed by atoms with Crippen molar-refractivity contribution in [2.45, 2.75) is 36.9 Å². The molecule has 1 amide bonds. The largest absolute Gasteiger partial charge is 0.497 e. The highest BCUT2D eigenvalue weighted by Gasteiger charge is 2.45. The number of anilines is 2. The average Bonchev–Trinajstić information content (AvgIpc) is 3.41. The minimum absolute atomic E-state index is 0.0723. The molecule has 9 nitrogen and oxygen atoms in total. The van der Waals surface area contributed by atoms with Gasteiger partial charge in [-0.25, -0.2) is 0 Å². The highest BCUT2D eigenvalue weighted by molar-refractivity contribution is 8.01. The third kappa shape index (κ3) is 5.99. The molecule has 3 N–H and O–H groups in total. The molecule has 0 radical (unpaired) electrons. The van der Waals surface area contributed by atoms with E-state index in [1.807, 2.05) is 13.8 Å². The van der Waals surface area contributed by atoms with Crippen LogP contribution in [0, 0.1) is 16.7 Å². The predicted molar refractivity (Wildman–Crippen MR) is 166 cm³/mol. The van der Waals surface area contributed by atoms with Crippen LogP contribution >= 0.6 is 46.3 Å². The number of amides is 1. The Morgan fingerprint density at radius 1 is 1.21 bits per heavy atom. The SMILES string of the molecule is COc1ccc(NC(=O)CSc2nnc(N3C(N)=C(C#N)C(c4ccc(Cl)c(Cl)c4)C4=C3CC(C)(C)CC4=O)s2)cc1. The summed E-state index contributed by atoms with van der Waals surface area (Å²) in [4.78, 5) is 27.9. The molecule has 3 aromatic rings. The van der Waals surface area contributed by atoms with Crippen LogP contribution in [0.2, 0.25) is 10.0 Å². The molecule has 1 unspecified atom stereocenters. The van der Waals surface area contributed by atoms with Crippen LogP contribution in [0.3, 0.4) is 0 Å². The maximum Gasteiger partial charge on any atom is 0.234 e. The number of carbonyl (C=O) groups is 2. The number of benzene rings is 2. The summed E-state index contributed by atoms with van der Waals surface area (Å²) >= 11 is 14.9. The van der Waals surface area contributed by atoms with Gasteiger partial charge in [-0.2, -0.15) is 5.26 Å². The highest BCUT2D eigenvalue weighted by atomic mass is 35.5. The molecular formula is C29H26Cl2N6O3S2. The summed E-state index contributed by atoms with van der Waals surface area (Å²) in [5.41, 5.74) is 9.01. The highest BCUT2D eigenvalue weighted by Crippen LogP contribution is 2.51. The van der Waals surface area contributed by atoms with Gasteiger partial charge in [-0.1, -0.05) is 66.2 Å². The minimum Gasteiger partial charge on any atom is -0.497 e. The zero-order valence-corrected chi connectivity index (χ0v) is 26.0. The van der Waals surface area contributed by atoms with E-state index in [-0.39, 0.29) is 34.3 Å². The molecule has 0 spiro atoms. The van der Waals surface area contributed by atoms with Gasteiger partial charge in [-0.05, 0) is 53.8 Å². The molecule has 2 aliphatic rings. The fourth-order valence-electron chi connectivity index (χ4n) is 5.10. The number of halogens is 2. The summed E-state index contributed by atoms with van der Waals surface area (Å²) in [6.45, 7) is 4.03. The van der Waals surface area contributed by atoms with Crippen LogP contribution in [0.1, 0.15) is 38.2 Å². The maximum absolute atomic E-state index is 13.7. The fourth-order valence-corrected chi connectivity index (χ4v) is 7.09. The van der Waals surface area contributed by atoms with Gasteiger partial charge in [0.15, 0.2) is 10.1 Å². The zero-order chi connectivity index (χ0) is 30.2. The molecule has 0 saturated carbocycles. The maximum atomic E-state index is 13.7. The Morgan fingerprint density at radius 3 is 2.62 bits per heavy atom. The van der Waals surface area contributed by atoms with Crippen LogP contribution in [-0.2, 0) is 9.59 Å². The molecule has 0 fully saturated rings. The molecule has 2 heterocycles. The van der Waals surface area contributed by atoms with Crippen LogP contribution in [0.25, 0.3) is 0 Å². The Bertz CT molecular complexity index is 1680. The van der Waals surface area contributed by atoms with Gasteiger partial charge in [0.1, 0.15) is 11.6 Å². The van der Waals surface area contributed by atoms with Crippen molar-refractivity contribution < 1.29 is 14.3 Å². The number of ether oxygens (including phenoxy) is 1. The number of nitrogens with one attached hydrogen (secondary N) is 1. The van der Waals surface area contributed by atoms with Crippen molar-refractivity contribution >= 4 is 68.8 Å². The number of nitriles is 1. The summed E-state index contributed by atoms with van der Waals surface area (Å²) in [6.07, 6.45) is 0.842. The number of nitrogens with two attached hydrogens (primary N) is 1. The van der Waals surface area contributed by atoms with E-state index in [0.29, 0.717) is 60.6 Å². The van der Waals surface area contributed by atoms with Gasteiger partial charge >= 0.3 is 0 Å². The fraction of sp³-hybridized carbons (Fsp3) is 0.276.